The van der Waals surface area contributed by atoms with E-state index in [1.54, 1.807) is 13.8 Å². The molecule has 9 heteroatoms. The van der Waals surface area contributed by atoms with Gasteiger partial charge in [-0.1, -0.05) is 17.7 Å². The van der Waals surface area contributed by atoms with Crippen LogP contribution in [0.25, 0.3) is 11.1 Å². The molecule has 1 saturated heterocycles. The smallest absolute Gasteiger partial charge is 0.342 e. The zero-order valence-electron chi connectivity index (χ0n) is 18.6. The van der Waals surface area contributed by atoms with Crippen LogP contribution in [0.3, 0.4) is 0 Å². The predicted molar refractivity (Wildman–Crippen MR) is 121 cm³/mol. The van der Waals surface area contributed by atoms with E-state index in [-0.39, 0.29) is 12.5 Å². The number of benzene rings is 1. The number of furan rings is 1. The van der Waals surface area contributed by atoms with Crippen LogP contribution in [0.5, 0.6) is 0 Å². The first kappa shape index (κ1) is 21.8. The Kier molecular flexibility index (Phi) is 6.36. The van der Waals surface area contributed by atoms with Gasteiger partial charge in [0.25, 0.3) is 0 Å². The van der Waals surface area contributed by atoms with Crippen molar-refractivity contribution in [2.24, 2.45) is 0 Å². The maximum atomic E-state index is 12.5. The Morgan fingerprint density at radius 2 is 1.81 bits per heavy atom. The molecule has 0 spiro atoms. The van der Waals surface area contributed by atoms with Gasteiger partial charge in [0.05, 0.1) is 18.5 Å². The van der Waals surface area contributed by atoms with Crippen molar-refractivity contribution in [3.8, 4) is 0 Å². The Hall–Kier alpha value is -3.46. The number of fused-ring (bicyclic) bond motifs is 1. The van der Waals surface area contributed by atoms with E-state index < -0.39 is 5.97 Å². The van der Waals surface area contributed by atoms with E-state index in [2.05, 4.69) is 25.1 Å². The number of piperazine rings is 1. The number of amides is 1. The number of esters is 1. The molecule has 1 aliphatic rings. The molecule has 1 fully saturated rings. The van der Waals surface area contributed by atoms with Crippen molar-refractivity contribution in [2.75, 3.05) is 49.5 Å². The fourth-order valence-electron chi connectivity index (χ4n) is 3.88. The number of nitrogens with one attached hydrogen (secondary N) is 1. The summed E-state index contributed by atoms with van der Waals surface area (Å²) in [6, 6.07) is 7.75. The van der Waals surface area contributed by atoms with Crippen LogP contribution in [-0.4, -0.2) is 66.1 Å². The zero-order chi connectivity index (χ0) is 22.7. The highest BCUT2D eigenvalue weighted by Crippen LogP contribution is 2.32. The molecule has 1 amide bonds. The lowest BCUT2D eigenvalue weighted by molar-refractivity contribution is -0.117. The zero-order valence-corrected chi connectivity index (χ0v) is 18.6. The summed E-state index contributed by atoms with van der Waals surface area (Å²) in [5.41, 5.74) is 2.69. The number of aromatic nitrogens is 2. The van der Waals surface area contributed by atoms with E-state index in [1.807, 2.05) is 31.2 Å². The summed E-state index contributed by atoms with van der Waals surface area (Å²) in [7, 11) is 0. The molecule has 4 rings (SSSR count). The summed E-state index contributed by atoms with van der Waals surface area (Å²) in [4.78, 5) is 37.8. The summed E-state index contributed by atoms with van der Waals surface area (Å²) in [6.45, 7) is 8.81. The molecule has 1 aromatic carbocycles. The molecular weight excluding hydrogens is 410 g/mol. The van der Waals surface area contributed by atoms with E-state index in [0.717, 1.165) is 11.3 Å². The first-order chi connectivity index (χ1) is 15.5. The van der Waals surface area contributed by atoms with E-state index in [4.69, 9.17) is 9.15 Å². The monoisotopic (exact) mass is 437 g/mol. The number of nitrogens with zero attached hydrogens (tertiary/aromatic N) is 4. The van der Waals surface area contributed by atoms with Gasteiger partial charge in [-0.15, -0.1) is 0 Å². The van der Waals surface area contributed by atoms with Crippen molar-refractivity contribution >= 4 is 34.5 Å². The van der Waals surface area contributed by atoms with Crippen molar-refractivity contribution in [3.05, 3.63) is 47.5 Å². The predicted octanol–water partition coefficient (Wildman–Crippen LogP) is 2.78. The second kappa shape index (κ2) is 9.35. The normalized spacial score (nSPS) is 14.5. The van der Waals surface area contributed by atoms with Crippen molar-refractivity contribution in [1.29, 1.82) is 0 Å². The van der Waals surface area contributed by atoms with E-state index in [0.29, 0.717) is 61.0 Å². The number of hydrogen-bond acceptors (Lipinski definition) is 8. The molecule has 0 saturated carbocycles. The molecule has 1 N–H and O–H groups in total. The minimum atomic E-state index is -0.439. The Morgan fingerprint density at radius 3 is 2.50 bits per heavy atom. The number of anilines is 2. The standard InChI is InChI=1S/C23H27N5O4/c1-4-31-23(30)19-16(3)32-22-20(19)21(24-14-25-22)28-11-9-27(10-12-28)13-18(29)26-17-7-5-15(2)6-8-17/h5-8,14H,4,9-13H2,1-3H3,(H,26,29). The Labute approximate surface area is 186 Å². The van der Waals surface area contributed by atoms with Crippen LogP contribution >= 0.6 is 0 Å². The van der Waals surface area contributed by atoms with Gasteiger partial charge in [-0.05, 0) is 32.9 Å². The van der Waals surface area contributed by atoms with Crippen LogP contribution in [0.1, 0.15) is 28.6 Å². The van der Waals surface area contributed by atoms with Gasteiger partial charge in [-0.25, -0.2) is 14.8 Å². The highest BCUT2D eigenvalue weighted by molar-refractivity contribution is 6.07. The van der Waals surface area contributed by atoms with Crippen LogP contribution < -0.4 is 10.2 Å². The van der Waals surface area contributed by atoms with Crippen molar-refractivity contribution in [2.45, 2.75) is 20.8 Å². The highest BCUT2D eigenvalue weighted by Gasteiger charge is 2.28. The van der Waals surface area contributed by atoms with Crippen LogP contribution in [-0.2, 0) is 9.53 Å². The molecule has 2 aromatic heterocycles. The third-order valence-electron chi connectivity index (χ3n) is 5.50. The summed E-state index contributed by atoms with van der Waals surface area (Å²) < 4.78 is 10.9. The maximum Gasteiger partial charge on any atom is 0.342 e. The fourth-order valence-corrected chi connectivity index (χ4v) is 3.88. The first-order valence-electron chi connectivity index (χ1n) is 10.7. The van der Waals surface area contributed by atoms with Crippen LogP contribution in [0, 0.1) is 13.8 Å². The average molecular weight is 438 g/mol. The molecule has 0 radical (unpaired) electrons. The van der Waals surface area contributed by atoms with Crippen molar-refractivity contribution in [3.63, 3.8) is 0 Å². The number of carbonyl (C=O) groups is 2. The van der Waals surface area contributed by atoms with Gasteiger partial charge in [0.1, 0.15) is 23.5 Å². The molecule has 9 nitrogen and oxygen atoms in total. The fraction of sp³-hybridized carbons (Fsp3) is 0.391. The lowest BCUT2D eigenvalue weighted by atomic mass is 10.1. The van der Waals surface area contributed by atoms with Gasteiger partial charge in [-0.3, -0.25) is 9.69 Å². The van der Waals surface area contributed by atoms with Crippen LogP contribution in [0.2, 0.25) is 0 Å². The molecule has 168 valence electrons. The minimum Gasteiger partial charge on any atom is -0.462 e. The van der Waals surface area contributed by atoms with Gasteiger partial charge in [0, 0.05) is 31.9 Å². The number of hydrogen-bond donors (Lipinski definition) is 1. The van der Waals surface area contributed by atoms with Crippen molar-refractivity contribution < 1.29 is 18.7 Å². The lowest BCUT2D eigenvalue weighted by Crippen LogP contribution is -2.49. The van der Waals surface area contributed by atoms with E-state index in [1.165, 1.54) is 6.33 Å². The molecule has 0 aliphatic carbocycles. The Balaban J connectivity index is 1.43. The lowest BCUT2D eigenvalue weighted by Gasteiger charge is -2.35. The number of rotatable bonds is 6. The SMILES string of the molecule is CCOC(=O)c1c(C)oc2ncnc(N3CCN(CC(=O)Nc4ccc(C)cc4)CC3)c12. The average Bonchev–Trinajstić information content (AvgIpc) is 3.12. The second-order valence-electron chi connectivity index (χ2n) is 7.81. The second-order valence-corrected chi connectivity index (χ2v) is 7.81. The van der Waals surface area contributed by atoms with Gasteiger partial charge >= 0.3 is 5.97 Å². The van der Waals surface area contributed by atoms with Crippen LogP contribution in [0.4, 0.5) is 11.5 Å². The summed E-state index contributed by atoms with van der Waals surface area (Å²) in [5.74, 6) is 0.637. The quantitative estimate of drug-likeness (QED) is 0.588. The number of carbonyl (C=O) groups excluding carboxylic acids is 2. The third kappa shape index (κ3) is 4.57. The topological polar surface area (TPSA) is 101 Å². The largest absolute Gasteiger partial charge is 0.462 e. The first-order valence-corrected chi connectivity index (χ1v) is 10.7. The molecule has 3 aromatic rings. The van der Waals surface area contributed by atoms with E-state index >= 15 is 0 Å². The maximum absolute atomic E-state index is 12.5. The Morgan fingerprint density at radius 1 is 1.09 bits per heavy atom. The van der Waals surface area contributed by atoms with Gasteiger partial charge in [0.15, 0.2) is 0 Å². The van der Waals surface area contributed by atoms with E-state index in [9.17, 15) is 9.59 Å². The van der Waals surface area contributed by atoms with Gasteiger partial charge in [0.2, 0.25) is 11.6 Å². The number of aryl methyl sites for hydroxylation is 2. The molecule has 32 heavy (non-hydrogen) atoms. The van der Waals surface area contributed by atoms with Gasteiger partial charge in [-0.2, -0.15) is 0 Å². The molecule has 1 aliphatic heterocycles. The summed E-state index contributed by atoms with van der Waals surface area (Å²) in [6.07, 6.45) is 1.44. The third-order valence-corrected chi connectivity index (χ3v) is 5.50. The molecule has 3 heterocycles. The minimum absolute atomic E-state index is 0.0400. The number of ether oxygens (including phenoxy) is 1. The van der Waals surface area contributed by atoms with Crippen LogP contribution in [0.15, 0.2) is 35.0 Å². The molecule has 0 unspecified atom stereocenters. The summed E-state index contributed by atoms with van der Waals surface area (Å²) >= 11 is 0. The molecule has 0 bridgehead atoms. The molecular formula is C23H27N5O4. The van der Waals surface area contributed by atoms with Gasteiger partial charge < -0.3 is 19.4 Å². The Bertz CT molecular complexity index is 1120. The summed E-state index contributed by atoms with van der Waals surface area (Å²) in [5, 5.41) is 3.52. The molecule has 0 atom stereocenters. The van der Waals surface area contributed by atoms with Crippen molar-refractivity contribution in [1.82, 2.24) is 14.9 Å². The highest BCUT2D eigenvalue weighted by atomic mass is 16.5.